The maximum atomic E-state index is 13.1. The maximum Gasteiger partial charge on any atom is 0.311 e. The van der Waals surface area contributed by atoms with Gasteiger partial charge in [0.15, 0.2) is 6.61 Å². The number of carbonyl (C=O) groups is 2. The number of nitrogens with one attached hydrogen (secondary N) is 1. The third-order valence-corrected chi connectivity index (χ3v) is 5.55. The Morgan fingerprint density at radius 2 is 1.91 bits per heavy atom. The Balaban J connectivity index is 2.21. The number of nitro benzene ring substituents is 1. The molecule has 33 heavy (non-hydrogen) atoms. The van der Waals surface area contributed by atoms with Crippen molar-refractivity contribution in [2.45, 2.75) is 45.8 Å². The van der Waals surface area contributed by atoms with E-state index in [0.29, 0.717) is 10.6 Å². The molecule has 2 aromatic rings. The molecule has 0 fully saturated rings. The number of nitro groups is 1. The lowest BCUT2D eigenvalue weighted by Gasteiger charge is -2.30. The molecule has 0 aromatic heterocycles. The number of hydrogen-bond acceptors (Lipinski definition) is 6. The first-order valence-corrected chi connectivity index (χ1v) is 10.8. The van der Waals surface area contributed by atoms with Gasteiger partial charge in [-0.25, -0.2) is 0 Å². The second kappa shape index (κ2) is 12.1. The zero-order valence-corrected chi connectivity index (χ0v) is 19.8. The Bertz CT molecular complexity index is 1000. The number of ether oxygens (including phenoxy) is 2. The number of rotatable bonds is 11. The molecule has 1 N–H and O–H groups in total. The fourth-order valence-corrected chi connectivity index (χ4v) is 3.18. The smallest absolute Gasteiger partial charge is 0.311 e. The van der Waals surface area contributed by atoms with E-state index >= 15 is 0 Å². The first-order valence-electron chi connectivity index (χ1n) is 10.5. The number of benzene rings is 2. The minimum atomic E-state index is -0.780. The van der Waals surface area contributed by atoms with E-state index in [9.17, 15) is 19.7 Å². The van der Waals surface area contributed by atoms with Crippen LogP contribution in [0, 0.1) is 10.1 Å². The van der Waals surface area contributed by atoms with E-state index in [0.717, 1.165) is 6.42 Å². The van der Waals surface area contributed by atoms with Gasteiger partial charge < -0.3 is 19.7 Å². The molecule has 178 valence electrons. The van der Waals surface area contributed by atoms with Crippen molar-refractivity contribution in [3.63, 3.8) is 0 Å². The fraction of sp³-hybridized carbons (Fsp3) is 0.391. The predicted molar refractivity (Wildman–Crippen MR) is 125 cm³/mol. The van der Waals surface area contributed by atoms with Gasteiger partial charge in [-0.3, -0.25) is 19.7 Å². The van der Waals surface area contributed by atoms with Crippen LogP contribution in [-0.2, 0) is 16.1 Å². The highest BCUT2D eigenvalue weighted by Gasteiger charge is 2.28. The molecule has 0 aliphatic heterocycles. The first-order chi connectivity index (χ1) is 15.7. The fourth-order valence-electron chi connectivity index (χ4n) is 2.98. The number of carbonyl (C=O) groups excluding carboxylic acids is 2. The van der Waals surface area contributed by atoms with Gasteiger partial charge in [0.25, 0.3) is 5.91 Å². The molecule has 0 aliphatic carbocycles. The van der Waals surface area contributed by atoms with Crippen LogP contribution in [0.3, 0.4) is 0 Å². The summed E-state index contributed by atoms with van der Waals surface area (Å²) in [6.07, 6.45) is 0.752. The van der Waals surface area contributed by atoms with Crippen molar-refractivity contribution in [1.82, 2.24) is 10.2 Å². The van der Waals surface area contributed by atoms with E-state index < -0.39 is 16.9 Å². The van der Waals surface area contributed by atoms with Crippen LogP contribution < -0.4 is 14.8 Å². The Hall–Kier alpha value is -3.33. The Morgan fingerprint density at radius 3 is 2.52 bits per heavy atom. The van der Waals surface area contributed by atoms with Gasteiger partial charge in [0.1, 0.15) is 11.8 Å². The van der Waals surface area contributed by atoms with Gasteiger partial charge in [-0.2, -0.15) is 0 Å². The summed E-state index contributed by atoms with van der Waals surface area (Å²) in [6.45, 7) is 5.21. The van der Waals surface area contributed by atoms with E-state index in [1.165, 1.54) is 30.2 Å². The minimum absolute atomic E-state index is 0.0131. The van der Waals surface area contributed by atoms with E-state index in [-0.39, 0.29) is 42.3 Å². The summed E-state index contributed by atoms with van der Waals surface area (Å²) in [5.74, 6) is -0.500. The van der Waals surface area contributed by atoms with Crippen molar-refractivity contribution < 1.29 is 24.0 Å². The average Bonchev–Trinajstić information content (AvgIpc) is 2.80. The van der Waals surface area contributed by atoms with Gasteiger partial charge >= 0.3 is 5.69 Å². The molecule has 0 aliphatic rings. The van der Waals surface area contributed by atoms with Crippen molar-refractivity contribution in [1.29, 1.82) is 0 Å². The van der Waals surface area contributed by atoms with Crippen LogP contribution in [0.1, 0.15) is 32.8 Å². The van der Waals surface area contributed by atoms with Gasteiger partial charge in [-0.15, -0.1) is 0 Å². The van der Waals surface area contributed by atoms with Crippen LogP contribution in [0.4, 0.5) is 5.69 Å². The third kappa shape index (κ3) is 7.08. The van der Waals surface area contributed by atoms with E-state index in [1.54, 1.807) is 31.2 Å². The molecule has 2 rings (SSSR count). The maximum absolute atomic E-state index is 13.1. The zero-order chi connectivity index (χ0) is 24.5. The number of methoxy groups -OCH3 is 1. The number of nitrogens with zero attached hydrogens (tertiary/aromatic N) is 2. The summed E-state index contributed by atoms with van der Waals surface area (Å²) in [4.78, 5) is 37.7. The van der Waals surface area contributed by atoms with Gasteiger partial charge in [-0.05, 0) is 38.0 Å². The van der Waals surface area contributed by atoms with Crippen molar-refractivity contribution in [3.05, 3.63) is 63.2 Å². The van der Waals surface area contributed by atoms with Crippen molar-refractivity contribution in [2.24, 2.45) is 0 Å². The van der Waals surface area contributed by atoms with Crippen molar-refractivity contribution in [2.75, 3.05) is 13.7 Å². The molecule has 0 saturated heterocycles. The normalized spacial score (nSPS) is 12.4. The van der Waals surface area contributed by atoms with Gasteiger partial charge in [-0.1, -0.05) is 36.7 Å². The molecule has 0 radical (unpaired) electrons. The van der Waals surface area contributed by atoms with Gasteiger partial charge in [0.05, 0.1) is 12.0 Å². The van der Waals surface area contributed by atoms with Crippen LogP contribution >= 0.6 is 11.6 Å². The molecule has 2 atom stereocenters. The topological polar surface area (TPSA) is 111 Å². The molecule has 10 heteroatoms. The molecule has 0 unspecified atom stereocenters. The number of hydrogen-bond donors (Lipinski definition) is 1. The Labute approximate surface area is 197 Å². The van der Waals surface area contributed by atoms with Crippen LogP contribution in [0.25, 0.3) is 0 Å². The molecular formula is C23H28ClN3O6. The van der Waals surface area contributed by atoms with Gasteiger partial charge in [0, 0.05) is 29.7 Å². The lowest BCUT2D eigenvalue weighted by molar-refractivity contribution is -0.385. The van der Waals surface area contributed by atoms with E-state index in [2.05, 4.69) is 5.32 Å². The number of halogens is 1. The summed E-state index contributed by atoms with van der Waals surface area (Å²) >= 11 is 6.27. The molecule has 0 saturated carbocycles. The molecule has 9 nitrogen and oxygen atoms in total. The van der Waals surface area contributed by atoms with Crippen LogP contribution in [0.15, 0.2) is 42.5 Å². The number of amides is 2. The Kier molecular flexibility index (Phi) is 9.47. The highest BCUT2D eigenvalue weighted by atomic mass is 35.5. The lowest BCUT2D eigenvalue weighted by atomic mass is 10.1. The summed E-state index contributed by atoms with van der Waals surface area (Å²) in [7, 11) is 1.31. The predicted octanol–water partition coefficient (Wildman–Crippen LogP) is 3.97. The highest BCUT2D eigenvalue weighted by Crippen LogP contribution is 2.30. The second-order valence-electron chi connectivity index (χ2n) is 7.49. The zero-order valence-electron chi connectivity index (χ0n) is 19.0. The SMILES string of the molecule is CC[C@@H](C)NC(=O)[C@H](C)N(Cc1ccccc1Cl)C(=O)COc1ccc([N+](=O)[O-])c(OC)c1. The summed E-state index contributed by atoms with van der Waals surface area (Å²) in [5, 5.41) is 14.4. The van der Waals surface area contributed by atoms with E-state index in [1.807, 2.05) is 13.8 Å². The third-order valence-electron chi connectivity index (χ3n) is 5.18. The Morgan fingerprint density at radius 1 is 1.21 bits per heavy atom. The molecule has 0 bridgehead atoms. The molecular weight excluding hydrogens is 450 g/mol. The van der Waals surface area contributed by atoms with Gasteiger partial charge in [0.2, 0.25) is 11.7 Å². The van der Waals surface area contributed by atoms with Crippen molar-refractivity contribution >= 4 is 29.1 Å². The monoisotopic (exact) mass is 477 g/mol. The van der Waals surface area contributed by atoms with Crippen molar-refractivity contribution in [3.8, 4) is 11.5 Å². The van der Waals surface area contributed by atoms with Crippen LogP contribution in [0.5, 0.6) is 11.5 Å². The van der Waals surface area contributed by atoms with Crippen LogP contribution in [-0.4, -0.2) is 47.4 Å². The summed E-state index contributed by atoms with van der Waals surface area (Å²) < 4.78 is 10.6. The van der Waals surface area contributed by atoms with Crippen LogP contribution in [0.2, 0.25) is 5.02 Å². The standard InChI is InChI=1S/C23H28ClN3O6/c1-5-15(2)25-23(29)16(3)26(13-17-8-6-7-9-19(17)24)22(28)14-33-18-10-11-20(27(30)31)21(12-18)32-4/h6-12,15-16H,5,13-14H2,1-4H3,(H,25,29)/t15-,16+/m1/s1. The summed E-state index contributed by atoms with van der Waals surface area (Å²) in [6, 6.07) is 10.2. The average molecular weight is 478 g/mol. The highest BCUT2D eigenvalue weighted by molar-refractivity contribution is 6.31. The first kappa shape index (κ1) is 25.9. The molecule has 0 heterocycles. The molecule has 2 amide bonds. The minimum Gasteiger partial charge on any atom is -0.490 e. The van der Waals surface area contributed by atoms with E-state index in [4.69, 9.17) is 21.1 Å². The summed E-state index contributed by atoms with van der Waals surface area (Å²) in [5.41, 5.74) is 0.472. The quantitative estimate of drug-likeness (QED) is 0.387. The largest absolute Gasteiger partial charge is 0.490 e. The molecule has 2 aromatic carbocycles. The second-order valence-corrected chi connectivity index (χ2v) is 7.89. The lowest BCUT2D eigenvalue weighted by Crippen LogP contribution is -2.50. The molecule has 0 spiro atoms.